The van der Waals surface area contributed by atoms with Crippen LogP contribution in [0, 0.1) is 5.92 Å². The molecule has 8 heteroatoms. The zero-order chi connectivity index (χ0) is 16.8. The summed E-state index contributed by atoms with van der Waals surface area (Å²) >= 11 is 0. The third-order valence-electron chi connectivity index (χ3n) is 2.69. The van der Waals surface area contributed by atoms with Crippen LogP contribution in [0.15, 0.2) is 18.3 Å². The number of nitrogens with zero attached hydrogens (tertiary/aromatic N) is 1. The predicted octanol–water partition coefficient (Wildman–Crippen LogP) is 2.16. The summed E-state index contributed by atoms with van der Waals surface area (Å²) in [6, 6.07) is 2.13. The number of ether oxygens (including phenoxy) is 1. The van der Waals surface area contributed by atoms with Gasteiger partial charge in [-0.15, -0.1) is 0 Å². The second kappa shape index (κ2) is 7.98. The molecule has 0 aliphatic rings. The van der Waals surface area contributed by atoms with Crippen molar-refractivity contribution >= 4 is 5.91 Å². The maximum absolute atomic E-state index is 12.0. The van der Waals surface area contributed by atoms with Gasteiger partial charge in [-0.2, -0.15) is 13.2 Å². The van der Waals surface area contributed by atoms with Crippen LogP contribution in [-0.4, -0.2) is 41.4 Å². The van der Waals surface area contributed by atoms with Gasteiger partial charge in [0.2, 0.25) is 5.88 Å². The number of aliphatic hydroxyl groups excluding tert-OH is 1. The van der Waals surface area contributed by atoms with E-state index in [0.29, 0.717) is 12.3 Å². The molecule has 5 nitrogen and oxygen atoms in total. The Morgan fingerprint density at radius 3 is 2.55 bits per heavy atom. The Kier molecular flexibility index (Phi) is 6.61. The molecule has 1 atom stereocenters. The Labute approximate surface area is 126 Å². The first-order chi connectivity index (χ1) is 10.2. The Bertz CT molecular complexity index is 475. The van der Waals surface area contributed by atoms with Gasteiger partial charge in [-0.1, -0.05) is 13.8 Å². The van der Waals surface area contributed by atoms with E-state index in [1.165, 1.54) is 12.1 Å². The molecule has 0 spiro atoms. The topological polar surface area (TPSA) is 71.5 Å². The lowest BCUT2D eigenvalue weighted by Crippen LogP contribution is -2.38. The highest BCUT2D eigenvalue weighted by Crippen LogP contribution is 2.17. The van der Waals surface area contributed by atoms with Gasteiger partial charge in [0.15, 0.2) is 6.61 Å². The first-order valence-electron chi connectivity index (χ1n) is 6.78. The van der Waals surface area contributed by atoms with Crippen molar-refractivity contribution in [3.63, 3.8) is 0 Å². The summed E-state index contributed by atoms with van der Waals surface area (Å²) in [5.74, 6) is -0.363. The van der Waals surface area contributed by atoms with Gasteiger partial charge in [-0.25, -0.2) is 4.98 Å². The number of carbonyl (C=O) groups excluding carboxylic acids is 1. The second-order valence-corrected chi connectivity index (χ2v) is 5.27. The molecule has 0 radical (unpaired) electrons. The van der Waals surface area contributed by atoms with E-state index in [9.17, 15) is 23.1 Å². The largest absolute Gasteiger partial charge is 0.468 e. The molecule has 1 unspecified atom stereocenters. The second-order valence-electron chi connectivity index (χ2n) is 5.27. The van der Waals surface area contributed by atoms with E-state index in [-0.39, 0.29) is 24.1 Å². The summed E-state index contributed by atoms with van der Waals surface area (Å²) in [7, 11) is 0. The maximum atomic E-state index is 12.0. The van der Waals surface area contributed by atoms with Crippen LogP contribution >= 0.6 is 0 Å². The quantitative estimate of drug-likeness (QED) is 0.807. The average molecular weight is 320 g/mol. The zero-order valence-electron chi connectivity index (χ0n) is 12.4. The van der Waals surface area contributed by atoms with Gasteiger partial charge in [0.05, 0.1) is 18.2 Å². The van der Waals surface area contributed by atoms with Gasteiger partial charge in [-0.05, 0) is 18.4 Å². The molecule has 1 aromatic rings. The molecule has 0 bridgehead atoms. The monoisotopic (exact) mass is 320 g/mol. The fraction of sp³-hybridized carbons (Fsp3) is 0.571. The van der Waals surface area contributed by atoms with Gasteiger partial charge in [0, 0.05) is 12.3 Å². The molecule has 124 valence electrons. The van der Waals surface area contributed by atoms with Crippen molar-refractivity contribution in [1.29, 1.82) is 0 Å². The van der Waals surface area contributed by atoms with E-state index in [4.69, 9.17) is 0 Å². The van der Waals surface area contributed by atoms with Crippen molar-refractivity contribution in [2.24, 2.45) is 5.92 Å². The number of aromatic nitrogens is 1. The Morgan fingerprint density at radius 1 is 1.41 bits per heavy atom. The SMILES string of the molecule is CC(C)CC(CO)NC(=O)c1ccc(OCC(F)(F)F)nc1. The number of amides is 1. The number of hydrogen-bond donors (Lipinski definition) is 2. The number of alkyl halides is 3. The summed E-state index contributed by atoms with van der Waals surface area (Å²) in [6.07, 6.45) is -2.70. The molecule has 0 aliphatic heterocycles. The molecule has 0 saturated carbocycles. The van der Waals surface area contributed by atoms with E-state index in [1.54, 1.807) is 0 Å². The van der Waals surface area contributed by atoms with Gasteiger partial charge in [0.25, 0.3) is 5.91 Å². The summed E-state index contributed by atoms with van der Waals surface area (Å²) in [5, 5.41) is 11.8. The highest BCUT2D eigenvalue weighted by atomic mass is 19.4. The molecule has 0 fully saturated rings. The standard InChI is InChI=1S/C14H19F3N2O3/c1-9(2)5-11(7-20)19-13(21)10-3-4-12(18-6-10)22-8-14(15,16)17/h3-4,6,9,11,20H,5,7-8H2,1-2H3,(H,19,21). The van der Waals surface area contributed by atoms with Crippen molar-refractivity contribution in [2.75, 3.05) is 13.2 Å². The molecule has 1 aromatic heterocycles. The third kappa shape index (κ3) is 6.75. The van der Waals surface area contributed by atoms with Crippen LogP contribution in [0.2, 0.25) is 0 Å². The highest BCUT2D eigenvalue weighted by Gasteiger charge is 2.28. The van der Waals surface area contributed by atoms with E-state index in [2.05, 4.69) is 15.0 Å². The van der Waals surface area contributed by atoms with Gasteiger partial charge < -0.3 is 15.2 Å². The van der Waals surface area contributed by atoms with Crippen molar-refractivity contribution < 1.29 is 27.8 Å². The average Bonchev–Trinajstić information content (AvgIpc) is 2.43. The molecule has 1 amide bonds. The first-order valence-corrected chi connectivity index (χ1v) is 6.78. The number of halogens is 3. The Balaban J connectivity index is 2.60. The van der Waals surface area contributed by atoms with Crippen LogP contribution in [0.5, 0.6) is 5.88 Å². The lowest BCUT2D eigenvalue weighted by molar-refractivity contribution is -0.154. The number of carbonyl (C=O) groups is 1. The normalized spacial score (nSPS) is 13.0. The van der Waals surface area contributed by atoms with Gasteiger partial charge >= 0.3 is 6.18 Å². The fourth-order valence-electron chi connectivity index (χ4n) is 1.77. The fourth-order valence-corrected chi connectivity index (χ4v) is 1.77. The number of rotatable bonds is 7. The molecule has 22 heavy (non-hydrogen) atoms. The summed E-state index contributed by atoms with van der Waals surface area (Å²) in [5.41, 5.74) is 0.182. The summed E-state index contributed by atoms with van der Waals surface area (Å²) < 4.78 is 40.4. The smallest absolute Gasteiger partial charge is 0.422 e. The third-order valence-corrected chi connectivity index (χ3v) is 2.69. The minimum Gasteiger partial charge on any atom is -0.468 e. The van der Waals surface area contributed by atoms with Crippen LogP contribution < -0.4 is 10.1 Å². The molecule has 1 heterocycles. The number of nitrogens with one attached hydrogen (secondary N) is 1. The zero-order valence-corrected chi connectivity index (χ0v) is 12.4. The highest BCUT2D eigenvalue weighted by molar-refractivity contribution is 5.94. The molecule has 0 aromatic carbocycles. The molecule has 0 aliphatic carbocycles. The molecular weight excluding hydrogens is 301 g/mol. The first kappa shape index (κ1) is 18.2. The van der Waals surface area contributed by atoms with E-state index in [0.717, 1.165) is 6.20 Å². The number of hydrogen-bond acceptors (Lipinski definition) is 4. The summed E-state index contributed by atoms with van der Waals surface area (Å²) in [6.45, 7) is 2.29. The van der Waals surface area contributed by atoms with Crippen LogP contribution in [0.1, 0.15) is 30.6 Å². The van der Waals surface area contributed by atoms with Crippen LogP contribution in [-0.2, 0) is 0 Å². The van der Waals surface area contributed by atoms with Crippen LogP contribution in [0.25, 0.3) is 0 Å². The van der Waals surface area contributed by atoms with Gasteiger partial charge in [0.1, 0.15) is 0 Å². The maximum Gasteiger partial charge on any atom is 0.422 e. The molecule has 0 saturated heterocycles. The lowest BCUT2D eigenvalue weighted by Gasteiger charge is -2.18. The van der Waals surface area contributed by atoms with E-state index in [1.807, 2.05) is 13.8 Å². The van der Waals surface area contributed by atoms with Gasteiger partial charge in [-0.3, -0.25) is 4.79 Å². The lowest BCUT2D eigenvalue weighted by atomic mass is 10.0. The predicted molar refractivity (Wildman–Crippen MR) is 73.6 cm³/mol. The number of pyridine rings is 1. The van der Waals surface area contributed by atoms with Crippen molar-refractivity contribution in [2.45, 2.75) is 32.5 Å². The summed E-state index contributed by atoms with van der Waals surface area (Å²) in [4.78, 5) is 15.6. The Hall–Kier alpha value is -1.83. The minimum absolute atomic E-state index is 0.182. The van der Waals surface area contributed by atoms with Crippen LogP contribution in [0.3, 0.4) is 0 Å². The molecular formula is C14H19F3N2O3. The van der Waals surface area contributed by atoms with Crippen LogP contribution in [0.4, 0.5) is 13.2 Å². The van der Waals surface area contributed by atoms with Crippen molar-refractivity contribution in [3.8, 4) is 5.88 Å². The Morgan fingerprint density at radius 2 is 2.09 bits per heavy atom. The minimum atomic E-state index is -4.44. The van der Waals surface area contributed by atoms with Crippen molar-refractivity contribution in [1.82, 2.24) is 10.3 Å². The van der Waals surface area contributed by atoms with Crippen molar-refractivity contribution in [3.05, 3.63) is 23.9 Å². The number of aliphatic hydroxyl groups is 1. The van der Waals surface area contributed by atoms with E-state index < -0.39 is 18.7 Å². The van der Waals surface area contributed by atoms with E-state index >= 15 is 0 Å². The molecule has 1 rings (SSSR count). The molecule has 2 N–H and O–H groups in total.